The first kappa shape index (κ1) is 40.1. The van der Waals surface area contributed by atoms with E-state index in [2.05, 4.69) is 22.0 Å². The number of carbonyl (C=O) groups is 3. The fourth-order valence-corrected chi connectivity index (χ4v) is 4.45. The summed E-state index contributed by atoms with van der Waals surface area (Å²) in [5.74, 6) is -2.16. The molecule has 12 nitrogen and oxygen atoms in total. The van der Waals surface area contributed by atoms with E-state index in [9.17, 15) is 40.3 Å². The van der Waals surface area contributed by atoms with Gasteiger partial charge in [-0.3, -0.25) is 14.4 Å². The van der Waals surface area contributed by atoms with Gasteiger partial charge in [0.15, 0.2) is 0 Å². The molecule has 0 saturated carbocycles. The molecule has 0 aromatic heterocycles. The van der Waals surface area contributed by atoms with Gasteiger partial charge in [-0.2, -0.15) is 18.2 Å². The summed E-state index contributed by atoms with van der Waals surface area (Å²) in [5.41, 5.74) is 0.414. The van der Waals surface area contributed by atoms with Crippen LogP contribution in [-0.2, 0) is 20.2 Å². The molecular weight excluding hydrogens is 643 g/mol. The quantitative estimate of drug-likeness (QED) is 0.0934. The number of hydrogen-bond acceptors (Lipinski definition) is 9. The summed E-state index contributed by atoms with van der Waals surface area (Å²) in [6, 6.07) is 21.7. The van der Waals surface area contributed by atoms with Crippen molar-refractivity contribution in [3.8, 4) is 0 Å². The Bertz CT molecular complexity index is 1750. The summed E-state index contributed by atoms with van der Waals surface area (Å²) in [4.78, 5) is 38.1. The topological polar surface area (TPSA) is 202 Å². The predicted octanol–water partition coefficient (Wildman–Crippen LogP) is -5.94. The van der Waals surface area contributed by atoms with E-state index in [0.29, 0.717) is 5.69 Å². The van der Waals surface area contributed by atoms with E-state index in [4.69, 9.17) is 0 Å². The normalized spacial score (nSPS) is 10.6. The van der Waals surface area contributed by atoms with Gasteiger partial charge in [0.1, 0.15) is 20.2 Å². The largest absolute Gasteiger partial charge is 1.00 e. The minimum Gasteiger partial charge on any atom is -0.744 e. The van der Waals surface area contributed by atoms with Gasteiger partial charge < -0.3 is 25.1 Å². The number of carbonyl (C=O) groups excluding carboxylic acids is 3. The molecule has 0 saturated heterocycles. The second-order valence-corrected chi connectivity index (χ2v) is 11.2. The summed E-state index contributed by atoms with van der Waals surface area (Å²) in [7, 11) is -9.38. The molecule has 4 aromatic carbocycles. The summed E-state index contributed by atoms with van der Waals surface area (Å²) in [6.07, 6.45) is 0. The third-order valence-electron chi connectivity index (χ3n) is 5.50. The molecule has 0 fully saturated rings. The number of anilines is 3. The zero-order chi connectivity index (χ0) is 29.8. The number of hydrogen-bond donors (Lipinski definition) is 3. The van der Waals surface area contributed by atoms with Gasteiger partial charge in [0.05, 0.1) is 9.79 Å². The SMILES string of the molecule is O=C(Nc1cc[c-]cc1)c1cc(C(=O)Nc2ccc(S(=O)(=O)[O-])cc2)cc(C(=O)Nc2ccc(S(=O)(=O)[O-])cc2)c1.[Na+].[Na+].[Na+]. The van der Waals surface area contributed by atoms with Crippen LogP contribution >= 0.6 is 0 Å². The minimum atomic E-state index is -4.69. The number of rotatable bonds is 8. The molecule has 0 radical (unpaired) electrons. The van der Waals surface area contributed by atoms with E-state index in [1.807, 2.05) is 0 Å². The van der Waals surface area contributed by atoms with Gasteiger partial charge in [-0.25, -0.2) is 16.8 Å². The Morgan fingerprint density at radius 3 is 1.05 bits per heavy atom. The second kappa shape index (κ2) is 17.1. The summed E-state index contributed by atoms with van der Waals surface area (Å²) >= 11 is 0. The average Bonchev–Trinajstić information content (AvgIpc) is 2.93. The molecule has 4 rings (SSSR count). The standard InChI is InChI=1S/C27H20N3O9S2.3Na/c31-25(28-20-4-2-1-3-5-20)17-14-18(26(32)29-21-6-10-23(11-7-21)40(34,35)36)16-19(15-17)27(33)30-22-8-12-24(13-9-22)41(37,38)39;;;/h2-16H,(H,28,31)(H,29,32)(H,30,33)(H,34,35,36)(H,37,38,39);;;/q-1;3*+1/p-2. The molecule has 0 spiro atoms. The van der Waals surface area contributed by atoms with E-state index in [1.165, 1.54) is 42.5 Å². The zero-order valence-corrected chi connectivity index (χ0v) is 31.3. The van der Waals surface area contributed by atoms with Crippen LogP contribution in [0.4, 0.5) is 17.1 Å². The Morgan fingerprint density at radius 1 is 0.500 bits per heavy atom. The second-order valence-electron chi connectivity index (χ2n) is 8.41. The van der Waals surface area contributed by atoms with Crippen molar-refractivity contribution in [1.29, 1.82) is 0 Å². The van der Waals surface area contributed by atoms with Gasteiger partial charge in [-0.05, 0) is 66.7 Å². The van der Waals surface area contributed by atoms with E-state index in [1.54, 1.807) is 24.3 Å². The number of nitrogens with one attached hydrogen (secondary N) is 3. The third-order valence-corrected chi connectivity index (χ3v) is 7.20. The first-order valence-electron chi connectivity index (χ1n) is 11.5. The predicted molar refractivity (Wildman–Crippen MR) is 144 cm³/mol. The fourth-order valence-electron chi connectivity index (χ4n) is 3.51. The molecule has 17 heteroatoms. The van der Waals surface area contributed by atoms with E-state index in [0.717, 1.165) is 24.3 Å². The molecular formula is C27H18N3Na3O9S2. The van der Waals surface area contributed by atoms with E-state index < -0.39 is 47.7 Å². The van der Waals surface area contributed by atoms with Crippen molar-refractivity contribution in [2.75, 3.05) is 16.0 Å². The van der Waals surface area contributed by atoms with E-state index in [-0.39, 0.29) is 117 Å². The minimum absolute atomic E-state index is 0. The van der Waals surface area contributed by atoms with Crippen LogP contribution in [0.25, 0.3) is 0 Å². The van der Waals surface area contributed by atoms with Crippen molar-refractivity contribution in [2.24, 2.45) is 0 Å². The third kappa shape index (κ3) is 11.2. The van der Waals surface area contributed by atoms with Crippen LogP contribution in [0, 0.1) is 6.07 Å². The van der Waals surface area contributed by atoms with Gasteiger partial charge in [0.2, 0.25) is 0 Å². The molecule has 0 aliphatic rings. The molecule has 3 N–H and O–H groups in total. The Kier molecular flexibility index (Phi) is 15.6. The van der Waals surface area contributed by atoms with Crippen LogP contribution in [-0.4, -0.2) is 43.7 Å². The zero-order valence-electron chi connectivity index (χ0n) is 23.7. The van der Waals surface area contributed by atoms with E-state index >= 15 is 0 Å². The molecule has 0 heterocycles. The van der Waals surface area contributed by atoms with Crippen molar-refractivity contribution >= 4 is 55.0 Å². The van der Waals surface area contributed by atoms with Gasteiger partial charge in [-0.15, -0.1) is 12.1 Å². The van der Waals surface area contributed by atoms with Gasteiger partial charge in [0.25, 0.3) is 17.7 Å². The summed E-state index contributed by atoms with van der Waals surface area (Å²) in [5, 5.41) is 7.63. The van der Waals surface area contributed by atoms with Crippen LogP contribution in [0.3, 0.4) is 0 Å². The van der Waals surface area contributed by atoms with Crippen LogP contribution in [0.2, 0.25) is 0 Å². The van der Waals surface area contributed by atoms with Gasteiger partial charge >= 0.3 is 88.7 Å². The number of amides is 3. The molecule has 0 aliphatic heterocycles. The number of benzene rings is 4. The Balaban J connectivity index is 0.00000323. The molecule has 44 heavy (non-hydrogen) atoms. The van der Waals surface area contributed by atoms with Crippen LogP contribution in [0.15, 0.2) is 101 Å². The molecule has 0 aliphatic carbocycles. The molecule has 0 atom stereocenters. The Morgan fingerprint density at radius 2 is 0.773 bits per heavy atom. The molecule has 3 amide bonds. The maximum atomic E-state index is 13.0. The van der Waals surface area contributed by atoms with Gasteiger partial charge in [0, 0.05) is 28.1 Å². The summed E-state index contributed by atoms with van der Waals surface area (Å²) < 4.78 is 66.9. The first-order chi connectivity index (χ1) is 19.3. The van der Waals surface area contributed by atoms with Crippen molar-refractivity contribution < 1.29 is 129 Å². The van der Waals surface area contributed by atoms with Crippen molar-refractivity contribution in [3.63, 3.8) is 0 Å². The smallest absolute Gasteiger partial charge is 0.744 e. The fraction of sp³-hybridized carbons (Fsp3) is 0. The van der Waals surface area contributed by atoms with Crippen LogP contribution < -0.4 is 105 Å². The first-order valence-corrected chi connectivity index (χ1v) is 14.3. The van der Waals surface area contributed by atoms with Crippen molar-refractivity contribution in [2.45, 2.75) is 9.79 Å². The van der Waals surface area contributed by atoms with Gasteiger partial charge in [-0.1, -0.05) is 5.69 Å². The maximum Gasteiger partial charge on any atom is 1.00 e. The van der Waals surface area contributed by atoms with Crippen molar-refractivity contribution in [3.05, 3.63) is 114 Å². The average molecular weight is 662 g/mol. The van der Waals surface area contributed by atoms with Crippen LogP contribution in [0.1, 0.15) is 31.1 Å². The van der Waals surface area contributed by atoms with Crippen LogP contribution in [0.5, 0.6) is 0 Å². The Labute approximate surface area is 319 Å². The monoisotopic (exact) mass is 661 g/mol. The molecule has 4 aromatic rings. The molecule has 0 unspecified atom stereocenters. The summed E-state index contributed by atoms with van der Waals surface area (Å²) in [6.45, 7) is 0. The van der Waals surface area contributed by atoms with Crippen molar-refractivity contribution in [1.82, 2.24) is 0 Å². The molecule has 0 bridgehead atoms. The Hall–Kier alpha value is -1.89. The maximum absolute atomic E-state index is 13.0. The molecule has 210 valence electrons.